The van der Waals surface area contributed by atoms with Gasteiger partial charge in [-0.15, -0.1) is 0 Å². The number of carbonyl (C=O) groups excluding carboxylic acids is 1. The van der Waals surface area contributed by atoms with E-state index in [4.69, 9.17) is 4.74 Å². The van der Waals surface area contributed by atoms with Gasteiger partial charge in [0.25, 0.3) is 5.56 Å². The van der Waals surface area contributed by atoms with E-state index in [0.29, 0.717) is 42.9 Å². The lowest BCUT2D eigenvalue weighted by Crippen LogP contribution is -2.45. The topological polar surface area (TPSA) is 73.5 Å². The number of benzene rings is 2. The van der Waals surface area contributed by atoms with Crippen LogP contribution in [0.15, 0.2) is 64.2 Å². The zero-order valence-corrected chi connectivity index (χ0v) is 14.7. The van der Waals surface area contributed by atoms with Gasteiger partial charge in [0.1, 0.15) is 6.54 Å². The second-order valence-corrected chi connectivity index (χ2v) is 6.36. The van der Waals surface area contributed by atoms with Crippen LogP contribution in [0.1, 0.15) is 0 Å². The van der Waals surface area contributed by atoms with Gasteiger partial charge in [-0.05, 0) is 24.3 Å². The molecular formula is C20H19N3O4. The van der Waals surface area contributed by atoms with Gasteiger partial charge in [-0.1, -0.05) is 30.3 Å². The highest BCUT2D eigenvalue weighted by atomic mass is 16.5. The van der Waals surface area contributed by atoms with Crippen molar-refractivity contribution in [3.63, 3.8) is 0 Å². The lowest BCUT2D eigenvalue weighted by molar-refractivity contribution is -0.135. The fraction of sp³-hybridized carbons (Fsp3) is 0.250. The first kappa shape index (κ1) is 17.2. The van der Waals surface area contributed by atoms with Gasteiger partial charge in [-0.25, -0.2) is 9.36 Å². The number of aromatic nitrogens is 2. The largest absolute Gasteiger partial charge is 0.378 e. The van der Waals surface area contributed by atoms with Crippen LogP contribution in [-0.4, -0.2) is 46.2 Å². The Kier molecular flexibility index (Phi) is 4.60. The van der Waals surface area contributed by atoms with Crippen molar-refractivity contribution in [1.82, 2.24) is 14.0 Å². The molecule has 0 saturated carbocycles. The number of fused-ring (bicyclic) bond motifs is 1. The van der Waals surface area contributed by atoms with Gasteiger partial charge >= 0.3 is 5.69 Å². The Bertz CT molecular complexity index is 1100. The number of rotatable bonds is 3. The Labute approximate surface area is 155 Å². The van der Waals surface area contributed by atoms with Crippen LogP contribution in [0.25, 0.3) is 16.6 Å². The summed E-state index contributed by atoms with van der Waals surface area (Å²) in [5.74, 6) is -0.163. The van der Waals surface area contributed by atoms with E-state index >= 15 is 0 Å². The third-order valence-corrected chi connectivity index (χ3v) is 4.72. The fourth-order valence-corrected chi connectivity index (χ4v) is 3.33. The number of hydrogen-bond acceptors (Lipinski definition) is 4. The maximum absolute atomic E-state index is 13.2. The minimum absolute atomic E-state index is 0.119. The highest BCUT2D eigenvalue weighted by molar-refractivity contribution is 5.82. The van der Waals surface area contributed by atoms with E-state index < -0.39 is 11.2 Å². The summed E-state index contributed by atoms with van der Waals surface area (Å²) >= 11 is 0. The summed E-state index contributed by atoms with van der Waals surface area (Å²) in [6.07, 6.45) is 0. The fourth-order valence-electron chi connectivity index (χ4n) is 3.33. The number of hydrogen-bond donors (Lipinski definition) is 0. The maximum atomic E-state index is 13.2. The van der Waals surface area contributed by atoms with Gasteiger partial charge in [-0.3, -0.25) is 14.2 Å². The van der Waals surface area contributed by atoms with E-state index in [1.165, 1.54) is 4.57 Å². The molecule has 2 aromatic carbocycles. The van der Waals surface area contributed by atoms with Gasteiger partial charge in [0.15, 0.2) is 0 Å². The normalized spacial score (nSPS) is 14.4. The number of carbonyl (C=O) groups is 1. The predicted octanol–water partition coefficient (Wildman–Crippen LogP) is 1.01. The molecule has 1 aliphatic heterocycles. The summed E-state index contributed by atoms with van der Waals surface area (Å²) in [5, 5.41) is 0.399. The third-order valence-electron chi connectivity index (χ3n) is 4.72. The number of morpholine rings is 1. The summed E-state index contributed by atoms with van der Waals surface area (Å²) in [4.78, 5) is 40.5. The average molecular weight is 365 g/mol. The predicted molar refractivity (Wildman–Crippen MR) is 101 cm³/mol. The second kappa shape index (κ2) is 7.20. The van der Waals surface area contributed by atoms with Gasteiger partial charge < -0.3 is 9.64 Å². The highest BCUT2D eigenvalue weighted by Gasteiger charge is 2.21. The molecule has 0 unspecified atom stereocenters. The SMILES string of the molecule is O=C(Cn1c(=O)n(-c2ccccc2)c(=O)c2ccccc21)N1CCOCC1. The highest BCUT2D eigenvalue weighted by Crippen LogP contribution is 2.11. The number of ether oxygens (including phenoxy) is 1. The molecule has 0 N–H and O–H groups in total. The molecule has 0 spiro atoms. The van der Waals surface area contributed by atoms with Crippen LogP contribution in [0.3, 0.4) is 0 Å². The lowest BCUT2D eigenvalue weighted by Gasteiger charge is -2.27. The smallest absolute Gasteiger partial charge is 0.336 e. The van der Waals surface area contributed by atoms with Crippen LogP contribution in [0.4, 0.5) is 0 Å². The molecule has 0 radical (unpaired) electrons. The third kappa shape index (κ3) is 3.17. The van der Waals surface area contributed by atoms with Crippen molar-refractivity contribution in [2.75, 3.05) is 26.3 Å². The molecule has 1 fully saturated rings. The molecule has 1 amide bonds. The summed E-state index contributed by atoms with van der Waals surface area (Å²) in [7, 11) is 0. The monoisotopic (exact) mass is 365 g/mol. The summed E-state index contributed by atoms with van der Waals surface area (Å²) in [5.41, 5.74) is 0.0236. The summed E-state index contributed by atoms with van der Waals surface area (Å²) in [6, 6.07) is 15.6. The Morgan fingerprint density at radius 1 is 0.926 bits per heavy atom. The average Bonchev–Trinajstić information content (AvgIpc) is 2.72. The lowest BCUT2D eigenvalue weighted by atomic mass is 10.2. The van der Waals surface area contributed by atoms with Gasteiger partial charge in [0.05, 0.1) is 29.8 Å². The molecule has 27 heavy (non-hydrogen) atoms. The van der Waals surface area contributed by atoms with E-state index in [2.05, 4.69) is 0 Å². The van der Waals surface area contributed by atoms with E-state index in [-0.39, 0.29) is 12.5 Å². The Hall–Kier alpha value is -3.19. The van der Waals surface area contributed by atoms with Crippen LogP contribution < -0.4 is 11.2 Å². The first-order valence-electron chi connectivity index (χ1n) is 8.82. The molecule has 0 bridgehead atoms. The molecule has 0 atom stereocenters. The van der Waals surface area contributed by atoms with E-state index in [9.17, 15) is 14.4 Å². The molecule has 7 heteroatoms. The molecule has 3 aromatic rings. The van der Waals surface area contributed by atoms with E-state index in [1.807, 2.05) is 6.07 Å². The zero-order chi connectivity index (χ0) is 18.8. The van der Waals surface area contributed by atoms with Crippen molar-refractivity contribution < 1.29 is 9.53 Å². The molecule has 138 valence electrons. The molecule has 7 nitrogen and oxygen atoms in total. The molecule has 1 saturated heterocycles. The number of nitrogens with zero attached hydrogens (tertiary/aromatic N) is 3. The Balaban J connectivity index is 1.88. The molecule has 1 aromatic heterocycles. The molecular weight excluding hydrogens is 346 g/mol. The number of para-hydroxylation sites is 2. The van der Waals surface area contributed by atoms with Gasteiger partial charge in [0, 0.05) is 13.1 Å². The van der Waals surface area contributed by atoms with E-state index in [0.717, 1.165) is 4.57 Å². The van der Waals surface area contributed by atoms with Crippen molar-refractivity contribution in [3.8, 4) is 5.69 Å². The summed E-state index contributed by atoms with van der Waals surface area (Å²) in [6.45, 7) is 1.87. The van der Waals surface area contributed by atoms with Crippen molar-refractivity contribution >= 4 is 16.8 Å². The first-order chi connectivity index (χ1) is 13.2. The van der Waals surface area contributed by atoms with Crippen molar-refractivity contribution in [1.29, 1.82) is 0 Å². The Morgan fingerprint density at radius 3 is 2.33 bits per heavy atom. The van der Waals surface area contributed by atoms with Crippen LogP contribution in [0.5, 0.6) is 0 Å². The molecule has 0 aliphatic carbocycles. The molecule has 2 heterocycles. The maximum Gasteiger partial charge on any atom is 0.336 e. The standard InChI is InChI=1S/C20H19N3O4/c24-18(21-10-12-27-13-11-21)14-22-17-9-5-4-8-16(17)19(25)23(20(22)26)15-6-2-1-3-7-15/h1-9H,10-14H2. The summed E-state index contributed by atoms with van der Waals surface area (Å²) < 4.78 is 7.78. The van der Waals surface area contributed by atoms with Crippen molar-refractivity contribution in [2.45, 2.75) is 6.54 Å². The Morgan fingerprint density at radius 2 is 1.59 bits per heavy atom. The van der Waals surface area contributed by atoms with Crippen LogP contribution in [-0.2, 0) is 16.1 Å². The second-order valence-electron chi connectivity index (χ2n) is 6.36. The number of amides is 1. The van der Waals surface area contributed by atoms with Gasteiger partial charge in [-0.2, -0.15) is 0 Å². The quantitative estimate of drug-likeness (QED) is 0.694. The van der Waals surface area contributed by atoms with Crippen molar-refractivity contribution in [3.05, 3.63) is 75.4 Å². The zero-order valence-electron chi connectivity index (χ0n) is 14.7. The first-order valence-corrected chi connectivity index (χ1v) is 8.82. The van der Waals surface area contributed by atoms with Crippen LogP contribution in [0.2, 0.25) is 0 Å². The molecule has 1 aliphatic rings. The minimum atomic E-state index is -0.522. The molecule has 4 rings (SSSR count). The van der Waals surface area contributed by atoms with E-state index in [1.54, 1.807) is 53.4 Å². The van der Waals surface area contributed by atoms with Crippen LogP contribution in [0, 0.1) is 0 Å². The van der Waals surface area contributed by atoms with Gasteiger partial charge in [0.2, 0.25) is 5.91 Å². The van der Waals surface area contributed by atoms with Crippen LogP contribution >= 0.6 is 0 Å². The minimum Gasteiger partial charge on any atom is -0.378 e. The van der Waals surface area contributed by atoms with Crippen molar-refractivity contribution in [2.24, 2.45) is 0 Å².